The van der Waals surface area contributed by atoms with Gasteiger partial charge in [0.2, 0.25) is 11.7 Å². The lowest BCUT2D eigenvalue weighted by Crippen LogP contribution is -2.40. The molecule has 2 aromatic rings. The van der Waals surface area contributed by atoms with E-state index in [0.717, 1.165) is 13.1 Å². The van der Waals surface area contributed by atoms with E-state index in [4.69, 9.17) is 4.52 Å². The summed E-state index contributed by atoms with van der Waals surface area (Å²) in [6.07, 6.45) is 1.56. The van der Waals surface area contributed by atoms with Crippen LogP contribution in [0.15, 0.2) is 10.7 Å². The Morgan fingerprint density at radius 3 is 3.00 bits per heavy atom. The van der Waals surface area contributed by atoms with Gasteiger partial charge in [-0.1, -0.05) is 5.16 Å². The van der Waals surface area contributed by atoms with Crippen LogP contribution in [0.5, 0.6) is 0 Å². The van der Waals surface area contributed by atoms with Crippen molar-refractivity contribution in [3.8, 4) is 11.5 Å². The van der Waals surface area contributed by atoms with Gasteiger partial charge in [0.1, 0.15) is 0 Å². The maximum Gasteiger partial charge on any atom is 0.232 e. The SMILES string of the molecule is c1n[nH]nc1-c1noc(C2CNC2)n1. The zero-order chi connectivity index (χ0) is 9.38. The average Bonchev–Trinajstić information content (AvgIpc) is 2.65. The molecule has 0 atom stereocenters. The molecule has 0 unspecified atom stereocenters. The number of hydrogen-bond donors (Lipinski definition) is 2. The molecule has 72 valence electrons. The maximum atomic E-state index is 5.11. The predicted octanol–water partition coefficient (Wildman–Crippen LogP) is -0.459. The Bertz CT molecular complexity index is 417. The van der Waals surface area contributed by atoms with Gasteiger partial charge >= 0.3 is 0 Å². The molecule has 7 nitrogen and oxygen atoms in total. The summed E-state index contributed by atoms with van der Waals surface area (Å²) in [5.41, 5.74) is 0.604. The van der Waals surface area contributed by atoms with E-state index in [-0.39, 0.29) is 0 Å². The van der Waals surface area contributed by atoms with E-state index < -0.39 is 0 Å². The Morgan fingerprint density at radius 1 is 1.43 bits per heavy atom. The van der Waals surface area contributed by atoms with Gasteiger partial charge in [-0.3, -0.25) is 0 Å². The summed E-state index contributed by atoms with van der Waals surface area (Å²) in [4.78, 5) is 4.23. The molecule has 1 aliphatic heterocycles. The van der Waals surface area contributed by atoms with Crippen LogP contribution in [-0.2, 0) is 0 Å². The van der Waals surface area contributed by atoms with Gasteiger partial charge in [-0.05, 0) is 0 Å². The van der Waals surface area contributed by atoms with Gasteiger partial charge in [0.25, 0.3) is 0 Å². The molecule has 3 heterocycles. The largest absolute Gasteiger partial charge is 0.339 e. The topological polar surface area (TPSA) is 92.5 Å². The van der Waals surface area contributed by atoms with Crippen LogP contribution in [0.3, 0.4) is 0 Å². The smallest absolute Gasteiger partial charge is 0.232 e. The monoisotopic (exact) mass is 192 g/mol. The van der Waals surface area contributed by atoms with Gasteiger partial charge in [0.15, 0.2) is 5.69 Å². The van der Waals surface area contributed by atoms with Crippen LogP contribution in [0, 0.1) is 0 Å². The molecule has 0 aliphatic carbocycles. The standard InChI is InChI=1S/C7H8N6O/c1-4(2-8-1)7-10-6(12-14-7)5-3-9-13-11-5/h3-4,8H,1-2H2,(H,9,11,13). The van der Waals surface area contributed by atoms with Crippen molar-refractivity contribution in [1.29, 1.82) is 0 Å². The second-order valence-electron chi connectivity index (χ2n) is 3.17. The number of rotatable bonds is 2. The van der Waals surface area contributed by atoms with Crippen molar-refractivity contribution in [3.05, 3.63) is 12.1 Å². The average molecular weight is 192 g/mol. The lowest BCUT2D eigenvalue weighted by atomic mass is 10.0. The summed E-state index contributed by atoms with van der Waals surface area (Å²) in [6, 6.07) is 0. The quantitative estimate of drug-likeness (QED) is 0.669. The number of H-pyrrole nitrogens is 1. The Morgan fingerprint density at radius 2 is 2.36 bits per heavy atom. The van der Waals surface area contributed by atoms with Gasteiger partial charge in [0, 0.05) is 13.1 Å². The summed E-state index contributed by atoms with van der Waals surface area (Å²) in [5.74, 6) is 1.51. The molecule has 7 heteroatoms. The molecule has 2 aromatic heterocycles. The second kappa shape index (κ2) is 2.88. The molecule has 14 heavy (non-hydrogen) atoms. The molecule has 0 saturated carbocycles. The number of aromatic amines is 1. The van der Waals surface area contributed by atoms with Crippen molar-refractivity contribution < 1.29 is 4.52 Å². The zero-order valence-electron chi connectivity index (χ0n) is 7.27. The van der Waals surface area contributed by atoms with Crippen LogP contribution in [0.1, 0.15) is 11.8 Å². The van der Waals surface area contributed by atoms with Crippen LogP contribution in [-0.4, -0.2) is 38.6 Å². The lowest BCUT2D eigenvalue weighted by molar-refractivity contribution is 0.308. The Hall–Kier alpha value is -1.76. The fraction of sp³-hybridized carbons (Fsp3) is 0.429. The summed E-state index contributed by atoms with van der Waals surface area (Å²) < 4.78 is 5.11. The van der Waals surface area contributed by atoms with E-state index in [9.17, 15) is 0 Å². The first-order valence-corrected chi connectivity index (χ1v) is 4.34. The number of nitrogens with zero attached hydrogens (tertiary/aromatic N) is 4. The normalized spacial score (nSPS) is 16.9. The molecule has 1 fully saturated rings. The third kappa shape index (κ3) is 1.10. The Kier molecular flexibility index (Phi) is 1.57. The van der Waals surface area contributed by atoms with Crippen LogP contribution in [0.4, 0.5) is 0 Å². The van der Waals surface area contributed by atoms with Crippen molar-refractivity contribution in [3.63, 3.8) is 0 Å². The van der Waals surface area contributed by atoms with E-state index in [1.165, 1.54) is 0 Å². The van der Waals surface area contributed by atoms with Gasteiger partial charge in [-0.15, -0.1) is 0 Å². The van der Waals surface area contributed by atoms with Crippen molar-refractivity contribution in [2.24, 2.45) is 0 Å². The maximum absolute atomic E-state index is 5.11. The van der Waals surface area contributed by atoms with Crippen LogP contribution in [0.25, 0.3) is 11.5 Å². The highest BCUT2D eigenvalue weighted by molar-refractivity contribution is 5.44. The molecular weight excluding hydrogens is 184 g/mol. The van der Waals surface area contributed by atoms with Crippen molar-refractivity contribution in [2.45, 2.75) is 5.92 Å². The Labute approximate surface area is 78.9 Å². The molecule has 0 spiro atoms. The summed E-state index contributed by atoms with van der Waals surface area (Å²) in [6.45, 7) is 1.81. The molecule has 1 aliphatic rings. The van der Waals surface area contributed by atoms with Crippen LogP contribution < -0.4 is 5.32 Å². The van der Waals surface area contributed by atoms with E-state index in [0.29, 0.717) is 23.3 Å². The third-order valence-corrected chi connectivity index (χ3v) is 2.22. The number of nitrogens with one attached hydrogen (secondary N) is 2. The fourth-order valence-corrected chi connectivity index (χ4v) is 1.28. The molecule has 0 bridgehead atoms. The zero-order valence-corrected chi connectivity index (χ0v) is 7.27. The minimum atomic E-state index is 0.350. The first-order valence-electron chi connectivity index (χ1n) is 4.34. The van der Waals surface area contributed by atoms with E-state index in [1.807, 2.05) is 0 Å². The van der Waals surface area contributed by atoms with Crippen molar-refractivity contribution in [2.75, 3.05) is 13.1 Å². The second-order valence-corrected chi connectivity index (χ2v) is 3.17. The third-order valence-electron chi connectivity index (χ3n) is 2.22. The Balaban J connectivity index is 1.90. The lowest BCUT2D eigenvalue weighted by Gasteiger charge is -2.22. The highest BCUT2D eigenvalue weighted by Gasteiger charge is 2.25. The number of hydrogen-bond acceptors (Lipinski definition) is 6. The summed E-state index contributed by atoms with van der Waals surface area (Å²) >= 11 is 0. The van der Waals surface area contributed by atoms with Gasteiger partial charge in [-0.2, -0.15) is 20.4 Å². The molecule has 3 rings (SSSR count). The summed E-state index contributed by atoms with van der Waals surface area (Å²) in [7, 11) is 0. The van der Waals surface area contributed by atoms with Crippen LogP contribution in [0.2, 0.25) is 0 Å². The van der Waals surface area contributed by atoms with E-state index in [1.54, 1.807) is 6.20 Å². The highest BCUT2D eigenvalue weighted by atomic mass is 16.5. The summed E-state index contributed by atoms with van der Waals surface area (Å²) in [5, 5.41) is 17.0. The molecule has 1 saturated heterocycles. The predicted molar refractivity (Wildman–Crippen MR) is 45.3 cm³/mol. The van der Waals surface area contributed by atoms with Crippen LogP contribution >= 0.6 is 0 Å². The minimum absolute atomic E-state index is 0.350. The van der Waals surface area contributed by atoms with Crippen molar-refractivity contribution >= 4 is 0 Å². The molecular formula is C7H8N6O. The highest BCUT2D eigenvalue weighted by Crippen LogP contribution is 2.20. The van der Waals surface area contributed by atoms with E-state index >= 15 is 0 Å². The molecule has 0 amide bonds. The van der Waals surface area contributed by atoms with Crippen molar-refractivity contribution in [1.82, 2.24) is 30.9 Å². The first-order chi connectivity index (χ1) is 6.93. The van der Waals surface area contributed by atoms with Gasteiger partial charge < -0.3 is 9.84 Å². The van der Waals surface area contributed by atoms with Gasteiger partial charge in [-0.25, -0.2) is 0 Å². The number of aromatic nitrogens is 5. The first kappa shape index (κ1) is 7.63. The minimum Gasteiger partial charge on any atom is -0.339 e. The molecule has 0 aromatic carbocycles. The van der Waals surface area contributed by atoms with Gasteiger partial charge in [0.05, 0.1) is 12.1 Å². The molecule has 2 N–H and O–H groups in total. The molecule has 0 radical (unpaired) electrons. The fourth-order valence-electron chi connectivity index (χ4n) is 1.28. The van der Waals surface area contributed by atoms with E-state index in [2.05, 4.69) is 30.9 Å².